The average Bonchev–Trinajstić information content (AvgIpc) is 2.78. The molecule has 0 aliphatic rings. The highest BCUT2D eigenvalue weighted by molar-refractivity contribution is 9.10. The second kappa shape index (κ2) is 6.79. The van der Waals surface area contributed by atoms with Crippen molar-refractivity contribution >= 4 is 15.9 Å². The Bertz CT molecular complexity index is 530. The van der Waals surface area contributed by atoms with Gasteiger partial charge >= 0.3 is 0 Å². The Morgan fingerprint density at radius 3 is 2.74 bits per heavy atom. The van der Waals surface area contributed by atoms with E-state index in [4.69, 9.17) is 9.63 Å². The molecule has 0 fully saturated rings. The summed E-state index contributed by atoms with van der Waals surface area (Å²) in [6.07, 6.45) is 0. The van der Waals surface area contributed by atoms with Gasteiger partial charge in [0.25, 0.3) is 0 Å². The molecule has 1 N–H and O–H groups in total. The number of nitrogens with zero attached hydrogens (tertiary/aromatic N) is 3. The summed E-state index contributed by atoms with van der Waals surface area (Å²) in [6.45, 7) is 3.70. The second-order valence-electron chi connectivity index (χ2n) is 4.26. The van der Waals surface area contributed by atoms with Gasteiger partial charge in [-0.1, -0.05) is 39.3 Å². The van der Waals surface area contributed by atoms with E-state index in [0.29, 0.717) is 24.8 Å². The molecule has 0 saturated heterocycles. The Hall–Kier alpha value is -1.24. The molecule has 0 aliphatic heterocycles. The molecular formula is C13H16BrN3O2. The van der Waals surface area contributed by atoms with Crippen molar-refractivity contribution in [2.45, 2.75) is 20.0 Å². The Kier molecular flexibility index (Phi) is 5.07. The minimum Gasteiger partial charge on any atom is -0.395 e. The Morgan fingerprint density at radius 1 is 1.32 bits per heavy atom. The third-order valence-electron chi connectivity index (χ3n) is 2.70. The third kappa shape index (κ3) is 4.12. The van der Waals surface area contributed by atoms with Crippen molar-refractivity contribution in [2.75, 3.05) is 13.2 Å². The first kappa shape index (κ1) is 14.2. The zero-order valence-corrected chi connectivity index (χ0v) is 12.3. The highest BCUT2D eigenvalue weighted by atomic mass is 79.9. The van der Waals surface area contributed by atoms with Gasteiger partial charge in [-0.25, -0.2) is 0 Å². The monoisotopic (exact) mass is 325 g/mol. The molecule has 0 amide bonds. The first-order valence-corrected chi connectivity index (χ1v) is 6.84. The minimum atomic E-state index is 0.0985. The normalized spacial score (nSPS) is 11.2. The fraction of sp³-hybridized carbons (Fsp3) is 0.385. The van der Waals surface area contributed by atoms with Crippen LogP contribution in [-0.2, 0) is 13.1 Å². The predicted octanol–water partition coefficient (Wildman–Crippen LogP) is 2.14. The van der Waals surface area contributed by atoms with Crippen molar-refractivity contribution in [2.24, 2.45) is 0 Å². The van der Waals surface area contributed by atoms with Crippen LogP contribution < -0.4 is 0 Å². The van der Waals surface area contributed by atoms with Gasteiger partial charge in [-0.05, 0) is 11.6 Å². The zero-order chi connectivity index (χ0) is 13.7. The number of aryl methyl sites for hydroxylation is 1. The van der Waals surface area contributed by atoms with E-state index in [1.54, 1.807) is 6.92 Å². The van der Waals surface area contributed by atoms with Gasteiger partial charge in [0.05, 0.1) is 13.2 Å². The molecule has 0 saturated carbocycles. The molecule has 1 heterocycles. The van der Waals surface area contributed by atoms with Crippen LogP contribution in [0.4, 0.5) is 0 Å². The fourth-order valence-electron chi connectivity index (χ4n) is 1.83. The number of aromatic nitrogens is 2. The molecule has 1 aromatic heterocycles. The number of benzene rings is 1. The van der Waals surface area contributed by atoms with Crippen LogP contribution in [0, 0.1) is 6.92 Å². The van der Waals surface area contributed by atoms with E-state index in [0.717, 1.165) is 16.6 Å². The van der Waals surface area contributed by atoms with Crippen molar-refractivity contribution in [1.29, 1.82) is 0 Å². The zero-order valence-electron chi connectivity index (χ0n) is 10.7. The van der Waals surface area contributed by atoms with Gasteiger partial charge < -0.3 is 9.63 Å². The third-order valence-corrected chi connectivity index (χ3v) is 3.48. The van der Waals surface area contributed by atoms with Crippen LogP contribution in [0.25, 0.3) is 0 Å². The molecule has 0 atom stereocenters. The maximum Gasteiger partial charge on any atom is 0.223 e. The second-order valence-corrected chi connectivity index (χ2v) is 5.11. The summed E-state index contributed by atoms with van der Waals surface area (Å²) in [6, 6.07) is 8.03. The first-order chi connectivity index (χ1) is 9.19. The lowest BCUT2D eigenvalue weighted by Crippen LogP contribution is -2.26. The summed E-state index contributed by atoms with van der Waals surface area (Å²) in [5.74, 6) is 1.19. The molecule has 0 radical (unpaired) electrons. The van der Waals surface area contributed by atoms with Gasteiger partial charge in [-0.2, -0.15) is 4.98 Å². The van der Waals surface area contributed by atoms with Crippen LogP contribution in [0.15, 0.2) is 33.3 Å². The summed E-state index contributed by atoms with van der Waals surface area (Å²) in [5.41, 5.74) is 1.16. The van der Waals surface area contributed by atoms with Crippen LogP contribution in [-0.4, -0.2) is 33.3 Å². The Labute approximate surface area is 120 Å². The van der Waals surface area contributed by atoms with Crippen molar-refractivity contribution in [3.8, 4) is 0 Å². The fourth-order valence-corrected chi connectivity index (χ4v) is 2.24. The molecule has 0 spiro atoms. The molecule has 1 aromatic carbocycles. The van der Waals surface area contributed by atoms with Crippen LogP contribution in [0.5, 0.6) is 0 Å². The van der Waals surface area contributed by atoms with Crippen LogP contribution >= 0.6 is 15.9 Å². The topological polar surface area (TPSA) is 62.4 Å². The highest BCUT2D eigenvalue weighted by Gasteiger charge is 2.12. The molecule has 2 aromatic rings. The van der Waals surface area contributed by atoms with E-state index in [1.165, 1.54) is 0 Å². The smallest absolute Gasteiger partial charge is 0.223 e. The standard InChI is InChI=1S/C13H16BrN3O2/c1-10-15-13(16-19-10)9-17(6-7-18)8-11-4-2-3-5-12(11)14/h2-5,18H,6-9H2,1H3. The van der Waals surface area contributed by atoms with Crippen LogP contribution in [0.3, 0.4) is 0 Å². The lowest BCUT2D eigenvalue weighted by atomic mass is 10.2. The summed E-state index contributed by atoms with van der Waals surface area (Å²) >= 11 is 3.53. The quantitative estimate of drug-likeness (QED) is 0.881. The van der Waals surface area contributed by atoms with Gasteiger partial charge in [0.2, 0.25) is 5.89 Å². The van der Waals surface area contributed by atoms with Crippen molar-refractivity contribution < 1.29 is 9.63 Å². The van der Waals surface area contributed by atoms with E-state index >= 15 is 0 Å². The number of rotatable bonds is 6. The summed E-state index contributed by atoms with van der Waals surface area (Å²) in [4.78, 5) is 6.26. The van der Waals surface area contributed by atoms with Crippen molar-refractivity contribution in [3.05, 3.63) is 46.0 Å². The Morgan fingerprint density at radius 2 is 2.11 bits per heavy atom. The number of hydrogen-bond donors (Lipinski definition) is 1. The summed E-state index contributed by atoms with van der Waals surface area (Å²) in [7, 11) is 0. The SMILES string of the molecule is Cc1nc(CN(CCO)Cc2ccccc2Br)no1. The molecule has 6 heteroatoms. The van der Waals surface area contributed by atoms with Gasteiger partial charge in [0.15, 0.2) is 5.82 Å². The lowest BCUT2D eigenvalue weighted by molar-refractivity contribution is 0.179. The molecular weight excluding hydrogens is 310 g/mol. The number of halogens is 1. The first-order valence-electron chi connectivity index (χ1n) is 6.05. The average molecular weight is 326 g/mol. The van der Waals surface area contributed by atoms with E-state index < -0.39 is 0 Å². The van der Waals surface area contributed by atoms with Crippen LogP contribution in [0.2, 0.25) is 0 Å². The van der Waals surface area contributed by atoms with E-state index in [9.17, 15) is 0 Å². The Balaban J connectivity index is 2.06. The van der Waals surface area contributed by atoms with Gasteiger partial charge in [0, 0.05) is 24.5 Å². The van der Waals surface area contributed by atoms with E-state index in [1.807, 2.05) is 18.2 Å². The molecule has 0 aliphatic carbocycles. The molecule has 0 bridgehead atoms. The summed E-state index contributed by atoms with van der Waals surface area (Å²) in [5, 5.41) is 13.0. The summed E-state index contributed by atoms with van der Waals surface area (Å²) < 4.78 is 6.02. The minimum absolute atomic E-state index is 0.0985. The van der Waals surface area contributed by atoms with E-state index in [2.05, 4.69) is 37.0 Å². The number of hydrogen-bond acceptors (Lipinski definition) is 5. The van der Waals surface area contributed by atoms with Crippen molar-refractivity contribution in [1.82, 2.24) is 15.0 Å². The van der Waals surface area contributed by atoms with Crippen molar-refractivity contribution in [3.63, 3.8) is 0 Å². The van der Waals surface area contributed by atoms with Gasteiger partial charge in [0.1, 0.15) is 0 Å². The maximum absolute atomic E-state index is 9.15. The maximum atomic E-state index is 9.15. The van der Waals surface area contributed by atoms with Gasteiger partial charge in [-0.15, -0.1) is 0 Å². The van der Waals surface area contributed by atoms with E-state index in [-0.39, 0.29) is 6.61 Å². The molecule has 0 unspecified atom stereocenters. The lowest BCUT2D eigenvalue weighted by Gasteiger charge is -2.20. The molecule has 102 valence electrons. The number of aliphatic hydroxyl groups excluding tert-OH is 1. The molecule has 5 nitrogen and oxygen atoms in total. The van der Waals surface area contributed by atoms with Crippen LogP contribution in [0.1, 0.15) is 17.3 Å². The predicted molar refractivity (Wildman–Crippen MR) is 74.4 cm³/mol. The highest BCUT2D eigenvalue weighted by Crippen LogP contribution is 2.18. The largest absolute Gasteiger partial charge is 0.395 e. The molecule has 2 rings (SSSR count). The van der Waals surface area contributed by atoms with Gasteiger partial charge in [-0.3, -0.25) is 4.90 Å². The molecule has 19 heavy (non-hydrogen) atoms. The number of aliphatic hydroxyl groups is 1.